The lowest BCUT2D eigenvalue weighted by molar-refractivity contribution is 0.160. The first-order valence-electron chi connectivity index (χ1n) is 11.1. The Hall–Kier alpha value is -3.25. The molecule has 3 aromatic heterocycles. The fraction of sp³-hybridized carbons (Fsp3) is 0.320. The molecule has 1 aromatic carbocycles. The van der Waals surface area contributed by atoms with Gasteiger partial charge in [-0.25, -0.2) is 15.0 Å². The van der Waals surface area contributed by atoms with Crippen molar-refractivity contribution in [1.82, 2.24) is 24.8 Å². The largest absolute Gasteiger partial charge is 0.473 e. The maximum absolute atomic E-state index is 6.12. The Morgan fingerprint density at radius 2 is 1.94 bits per heavy atom. The van der Waals surface area contributed by atoms with Gasteiger partial charge in [0.25, 0.3) is 0 Å². The summed E-state index contributed by atoms with van der Waals surface area (Å²) in [5.74, 6) is 1.78. The van der Waals surface area contributed by atoms with Crippen LogP contribution >= 0.6 is 0 Å². The molecule has 1 N–H and O–H groups in total. The Bertz CT molecular complexity index is 1210. The van der Waals surface area contributed by atoms with Gasteiger partial charge in [-0.3, -0.25) is 0 Å². The number of aryl methyl sites for hydroxylation is 1. The minimum Gasteiger partial charge on any atom is -0.473 e. The third-order valence-electron chi connectivity index (χ3n) is 6.32. The second-order valence-corrected chi connectivity index (χ2v) is 8.37. The Labute approximate surface area is 181 Å². The Morgan fingerprint density at radius 3 is 2.81 bits per heavy atom. The average molecular weight is 412 g/mol. The van der Waals surface area contributed by atoms with E-state index in [0.29, 0.717) is 11.9 Å². The van der Waals surface area contributed by atoms with Crippen molar-refractivity contribution in [2.24, 2.45) is 0 Å². The summed E-state index contributed by atoms with van der Waals surface area (Å²) in [5.41, 5.74) is 5.16. The van der Waals surface area contributed by atoms with Crippen molar-refractivity contribution in [3.05, 3.63) is 72.2 Å². The monoisotopic (exact) mass is 411 g/mol. The molecule has 1 saturated heterocycles. The van der Waals surface area contributed by atoms with E-state index in [-0.39, 0.29) is 6.10 Å². The van der Waals surface area contributed by atoms with E-state index in [1.54, 1.807) is 6.20 Å². The summed E-state index contributed by atoms with van der Waals surface area (Å²) in [4.78, 5) is 14.3. The van der Waals surface area contributed by atoms with Crippen LogP contribution in [0.4, 0.5) is 0 Å². The van der Waals surface area contributed by atoms with Crippen LogP contribution in [0, 0.1) is 0 Å². The molecule has 156 valence electrons. The first-order chi connectivity index (χ1) is 15.3. The van der Waals surface area contributed by atoms with Crippen LogP contribution in [0.15, 0.2) is 60.8 Å². The number of piperidine rings is 1. The number of nitrogens with one attached hydrogen (secondary N) is 1. The van der Waals surface area contributed by atoms with Crippen molar-refractivity contribution in [2.45, 2.75) is 37.8 Å². The highest BCUT2D eigenvalue weighted by Crippen LogP contribution is 2.35. The van der Waals surface area contributed by atoms with Crippen LogP contribution in [0.25, 0.3) is 22.4 Å². The van der Waals surface area contributed by atoms with Crippen LogP contribution in [-0.4, -0.2) is 38.7 Å². The fourth-order valence-corrected chi connectivity index (χ4v) is 4.80. The third kappa shape index (κ3) is 3.47. The Balaban J connectivity index is 1.35. The van der Waals surface area contributed by atoms with Crippen molar-refractivity contribution in [1.29, 1.82) is 0 Å². The quantitative estimate of drug-likeness (QED) is 0.546. The van der Waals surface area contributed by atoms with Gasteiger partial charge in [0.15, 0.2) is 5.65 Å². The highest BCUT2D eigenvalue weighted by molar-refractivity contribution is 5.77. The number of ether oxygens (including phenoxy) is 1. The van der Waals surface area contributed by atoms with E-state index in [1.165, 1.54) is 5.56 Å². The zero-order chi connectivity index (χ0) is 20.6. The standard InChI is InChI=1S/C25H25N5O/c1-2-5-17(6-3-1)22-10-11-23-28-21-9-8-20(29-25(21)30(22)23)18-12-14-27-24(15-18)31-19-7-4-13-26-16-19/h1-3,5-6,8-9,12,14-15,19,22,26H,4,7,10-11,13,16H2/t19?,22-/m1/s1. The van der Waals surface area contributed by atoms with Gasteiger partial charge in [0, 0.05) is 30.8 Å². The summed E-state index contributed by atoms with van der Waals surface area (Å²) in [7, 11) is 0. The van der Waals surface area contributed by atoms with Crippen LogP contribution in [0.5, 0.6) is 5.88 Å². The maximum Gasteiger partial charge on any atom is 0.214 e. The number of rotatable bonds is 4. The summed E-state index contributed by atoms with van der Waals surface area (Å²) < 4.78 is 8.44. The van der Waals surface area contributed by atoms with Gasteiger partial charge < -0.3 is 14.6 Å². The van der Waals surface area contributed by atoms with Crippen molar-refractivity contribution < 1.29 is 4.74 Å². The van der Waals surface area contributed by atoms with Crippen molar-refractivity contribution >= 4 is 11.2 Å². The van der Waals surface area contributed by atoms with E-state index < -0.39 is 0 Å². The first-order valence-corrected chi connectivity index (χ1v) is 11.1. The van der Waals surface area contributed by atoms with E-state index >= 15 is 0 Å². The van der Waals surface area contributed by atoms with E-state index in [4.69, 9.17) is 14.7 Å². The molecular weight excluding hydrogens is 386 g/mol. The number of hydrogen-bond donors (Lipinski definition) is 1. The molecule has 6 heteroatoms. The highest BCUT2D eigenvalue weighted by atomic mass is 16.5. The van der Waals surface area contributed by atoms with Gasteiger partial charge in [0.05, 0.1) is 11.7 Å². The lowest BCUT2D eigenvalue weighted by Gasteiger charge is -2.23. The zero-order valence-electron chi connectivity index (χ0n) is 17.4. The van der Waals surface area contributed by atoms with E-state index in [0.717, 1.165) is 67.0 Å². The summed E-state index contributed by atoms with van der Waals surface area (Å²) in [6.45, 7) is 1.94. The minimum atomic E-state index is 0.177. The Kier molecular flexibility index (Phi) is 4.65. The molecular formula is C25H25N5O. The molecule has 0 radical (unpaired) electrons. The Morgan fingerprint density at radius 1 is 1.00 bits per heavy atom. The number of fused-ring (bicyclic) bond motifs is 3. The third-order valence-corrected chi connectivity index (χ3v) is 6.32. The normalized spacial score (nSPS) is 20.6. The molecule has 31 heavy (non-hydrogen) atoms. The molecule has 0 bridgehead atoms. The van der Waals surface area contributed by atoms with E-state index in [1.807, 2.05) is 18.2 Å². The van der Waals surface area contributed by atoms with Crippen molar-refractivity contribution in [2.75, 3.05) is 13.1 Å². The van der Waals surface area contributed by atoms with Gasteiger partial charge in [-0.15, -0.1) is 0 Å². The summed E-state index contributed by atoms with van der Waals surface area (Å²) >= 11 is 0. The van der Waals surface area contributed by atoms with Gasteiger partial charge in [-0.2, -0.15) is 0 Å². The van der Waals surface area contributed by atoms with Crippen LogP contribution < -0.4 is 10.1 Å². The highest BCUT2D eigenvalue weighted by Gasteiger charge is 2.28. The van der Waals surface area contributed by atoms with Crippen LogP contribution in [0.2, 0.25) is 0 Å². The molecule has 6 nitrogen and oxygen atoms in total. The average Bonchev–Trinajstić information content (AvgIpc) is 3.40. The van der Waals surface area contributed by atoms with Gasteiger partial charge >= 0.3 is 0 Å². The van der Waals surface area contributed by atoms with Crippen molar-refractivity contribution in [3.63, 3.8) is 0 Å². The molecule has 1 unspecified atom stereocenters. The second-order valence-electron chi connectivity index (χ2n) is 8.37. The summed E-state index contributed by atoms with van der Waals surface area (Å²) in [6, 6.07) is 19.1. The van der Waals surface area contributed by atoms with Crippen LogP contribution in [-0.2, 0) is 6.42 Å². The van der Waals surface area contributed by atoms with Gasteiger partial charge in [-0.05, 0) is 49.6 Å². The number of aromatic nitrogens is 4. The topological polar surface area (TPSA) is 64.9 Å². The lowest BCUT2D eigenvalue weighted by Crippen LogP contribution is -2.37. The number of nitrogens with zero attached hydrogens (tertiary/aromatic N) is 4. The molecule has 2 aliphatic heterocycles. The first kappa shape index (κ1) is 18.5. The van der Waals surface area contributed by atoms with Gasteiger partial charge in [0.1, 0.15) is 17.4 Å². The van der Waals surface area contributed by atoms with Crippen LogP contribution in [0.3, 0.4) is 0 Å². The predicted octanol–water partition coefficient (Wildman–Crippen LogP) is 4.16. The zero-order valence-corrected chi connectivity index (χ0v) is 17.4. The SMILES string of the molecule is c1ccc([C@H]2CCc3nc4ccc(-c5ccnc(OC6CCCNC6)c5)nc4n32)cc1. The maximum atomic E-state index is 6.12. The minimum absolute atomic E-state index is 0.177. The molecule has 2 aliphatic rings. The second kappa shape index (κ2) is 7.78. The number of pyridine rings is 2. The predicted molar refractivity (Wildman–Crippen MR) is 120 cm³/mol. The molecule has 0 spiro atoms. The molecule has 6 rings (SSSR count). The number of imidazole rings is 1. The molecule has 4 aromatic rings. The van der Waals surface area contributed by atoms with Gasteiger partial charge in [0.2, 0.25) is 5.88 Å². The lowest BCUT2D eigenvalue weighted by atomic mass is 10.0. The van der Waals surface area contributed by atoms with E-state index in [2.05, 4.69) is 51.3 Å². The fourth-order valence-electron chi connectivity index (χ4n) is 4.80. The molecule has 5 heterocycles. The van der Waals surface area contributed by atoms with Crippen LogP contribution in [0.1, 0.15) is 36.7 Å². The van der Waals surface area contributed by atoms with E-state index in [9.17, 15) is 0 Å². The smallest absolute Gasteiger partial charge is 0.214 e. The summed E-state index contributed by atoms with van der Waals surface area (Å²) in [6.07, 6.45) is 6.23. The molecule has 0 amide bonds. The number of benzene rings is 1. The molecule has 0 saturated carbocycles. The van der Waals surface area contributed by atoms with Gasteiger partial charge in [-0.1, -0.05) is 30.3 Å². The van der Waals surface area contributed by atoms with Crippen molar-refractivity contribution in [3.8, 4) is 17.1 Å². The number of hydrogen-bond acceptors (Lipinski definition) is 5. The molecule has 2 atom stereocenters. The summed E-state index contributed by atoms with van der Waals surface area (Å²) in [5, 5.41) is 3.39. The molecule has 0 aliphatic carbocycles. The molecule has 1 fully saturated rings.